The fourth-order valence-corrected chi connectivity index (χ4v) is 2.94. The van der Waals surface area contributed by atoms with Crippen molar-refractivity contribution >= 4 is 0 Å². The lowest BCUT2D eigenvalue weighted by molar-refractivity contribution is 0.458. The molecular weight excluding hydrogens is 252 g/mol. The molecule has 2 atom stereocenters. The van der Waals surface area contributed by atoms with Gasteiger partial charge in [-0.3, -0.25) is 0 Å². The van der Waals surface area contributed by atoms with Crippen molar-refractivity contribution in [1.82, 2.24) is 0 Å². The first kappa shape index (κ1) is 17.8. The van der Waals surface area contributed by atoms with Crippen LogP contribution in [-0.4, -0.2) is 0 Å². The van der Waals surface area contributed by atoms with E-state index in [2.05, 4.69) is 69.8 Å². The molecule has 0 fully saturated rings. The highest BCUT2D eigenvalue weighted by Gasteiger charge is 2.20. The maximum absolute atomic E-state index is 4.33. The third-order valence-electron chi connectivity index (χ3n) is 4.46. The molecule has 0 aliphatic carbocycles. The molecule has 0 spiro atoms. The Balaban J connectivity index is 2.73. The second-order valence-electron chi connectivity index (χ2n) is 6.09. The van der Waals surface area contributed by atoms with Gasteiger partial charge in [0.15, 0.2) is 0 Å². The summed E-state index contributed by atoms with van der Waals surface area (Å²) in [5.74, 6) is 1.16. The number of hydrogen-bond acceptors (Lipinski definition) is 0. The van der Waals surface area contributed by atoms with E-state index in [4.69, 9.17) is 0 Å². The minimum atomic E-state index is 0.547. The van der Waals surface area contributed by atoms with E-state index in [1.807, 2.05) is 0 Å². The maximum atomic E-state index is 4.33. The minimum absolute atomic E-state index is 0.547. The van der Waals surface area contributed by atoms with Crippen LogP contribution in [0.15, 0.2) is 54.6 Å². The number of unbranched alkanes of at least 4 members (excludes halogenated alkanes) is 3. The van der Waals surface area contributed by atoms with Crippen LogP contribution in [0.1, 0.15) is 70.8 Å². The van der Waals surface area contributed by atoms with Gasteiger partial charge in [-0.05, 0) is 37.2 Å². The van der Waals surface area contributed by atoms with Gasteiger partial charge >= 0.3 is 0 Å². The predicted octanol–water partition coefficient (Wildman–Crippen LogP) is 6.90. The summed E-state index contributed by atoms with van der Waals surface area (Å²) in [7, 11) is 0. The first-order chi connectivity index (χ1) is 10.2. The van der Waals surface area contributed by atoms with Crippen molar-refractivity contribution in [3.05, 3.63) is 60.2 Å². The number of rotatable bonds is 10. The van der Waals surface area contributed by atoms with Gasteiger partial charge in [-0.25, -0.2) is 0 Å². The van der Waals surface area contributed by atoms with Crippen LogP contribution in [0, 0.1) is 5.92 Å². The Kier molecular flexibility index (Phi) is 8.82. The Morgan fingerprint density at radius 1 is 1.14 bits per heavy atom. The van der Waals surface area contributed by atoms with Crippen molar-refractivity contribution in [3.8, 4) is 0 Å². The smallest absolute Gasteiger partial charge is 0.00990 e. The first-order valence-electron chi connectivity index (χ1n) is 8.54. The normalized spacial score (nSPS) is 14.2. The van der Waals surface area contributed by atoms with Gasteiger partial charge in [-0.2, -0.15) is 0 Å². The van der Waals surface area contributed by atoms with E-state index in [0.29, 0.717) is 11.8 Å². The summed E-state index contributed by atoms with van der Waals surface area (Å²) in [4.78, 5) is 0. The summed E-state index contributed by atoms with van der Waals surface area (Å²) >= 11 is 0. The molecule has 0 aliphatic heterocycles. The molecule has 0 heterocycles. The maximum Gasteiger partial charge on any atom is -0.00990 e. The molecular formula is C21H32. The monoisotopic (exact) mass is 284 g/mol. The Hall–Kier alpha value is -1.30. The molecule has 0 amide bonds. The zero-order valence-electron chi connectivity index (χ0n) is 14.1. The van der Waals surface area contributed by atoms with E-state index in [1.54, 1.807) is 0 Å². The van der Waals surface area contributed by atoms with Gasteiger partial charge in [0.25, 0.3) is 0 Å². The molecule has 21 heavy (non-hydrogen) atoms. The standard InChI is InChI=1S/C21H32/c1-5-7-9-13-17-21(20-15-11-10-12-16-20)19(4)18(3)14-8-6-2/h6,8,10-12,15-16,19,21H,3,5,7,9,13-14,17H2,1-2,4H3/b8-6-. The van der Waals surface area contributed by atoms with Gasteiger partial charge in [0.2, 0.25) is 0 Å². The van der Waals surface area contributed by atoms with Crippen molar-refractivity contribution in [3.63, 3.8) is 0 Å². The molecule has 0 saturated carbocycles. The summed E-state index contributed by atoms with van der Waals surface area (Å²) in [5, 5.41) is 0. The molecule has 1 rings (SSSR count). The number of allylic oxidation sites excluding steroid dienone is 3. The average Bonchev–Trinajstić information content (AvgIpc) is 2.53. The molecule has 1 aromatic rings. The highest BCUT2D eigenvalue weighted by molar-refractivity contribution is 5.23. The van der Waals surface area contributed by atoms with Crippen molar-refractivity contribution in [2.24, 2.45) is 5.92 Å². The van der Waals surface area contributed by atoms with E-state index in [-0.39, 0.29) is 0 Å². The highest BCUT2D eigenvalue weighted by atomic mass is 14.2. The minimum Gasteiger partial charge on any atom is -0.0993 e. The molecule has 0 aromatic heterocycles. The molecule has 0 nitrogen and oxygen atoms in total. The Morgan fingerprint density at radius 3 is 2.48 bits per heavy atom. The van der Waals surface area contributed by atoms with Crippen LogP contribution in [0.2, 0.25) is 0 Å². The molecule has 2 unspecified atom stereocenters. The van der Waals surface area contributed by atoms with Crippen molar-refractivity contribution < 1.29 is 0 Å². The largest absolute Gasteiger partial charge is 0.0993 e. The second-order valence-corrected chi connectivity index (χ2v) is 6.09. The fraction of sp³-hybridized carbons (Fsp3) is 0.524. The van der Waals surface area contributed by atoms with E-state index in [9.17, 15) is 0 Å². The van der Waals surface area contributed by atoms with Crippen LogP contribution in [0.4, 0.5) is 0 Å². The molecule has 0 aliphatic rings. The van der Waals surface area contributed by atoms with E-state index >= 15 is 0 Å². The zero-order chi connectivity index (χ0) is 15.5. The third-order valence-corrected chi connectivity index (χ3v) is 4.46. The molecule has 0 saturated heterocycles. The lowest BCUT2D eigenvalue weighted by Gasteiger charge is -2.26. The SMILES string of the molecule is C=C(C/C=C\C)C(C)C(CCCCCC)c1ccccc1. The Labute approximate surface area is 132 Å². The highest BCUT2D eigenvalue weighted by Crippen LogP contribution is 2.35. The number of hydrogen-bond donors (Lipinski definition) is 0. The van der Waals surface area contributed by atoms with Gasteiger partial charge < -0.3 is 0 Å². The van der Waals surface area contributed by atoms with Gasteiger partial charge in [0.05, 0.1) is 0 Å². The fourth-order valence-electron chi connectivity index (χ4n) is 2.94. The zero-order valence-corrected chi connectivity index (χ0v) is 14.1. The summed E-state index contributed by atoms with van der Waals surface area (Å²) in [5.41, 5.74) is 2.83. The van der Waals surface area contributed by atoms with Crippen LogP contribution in [0.5, 0.6) is 0 Å². The van der Waals surface area contributed by atoms with Gasteiger partial charge in [-0.1, -0.05) is 94.2 Å². The lowest BCUT2D eigenvalue weighted by atomic mass is 9.79. The van der Waals surface area contributed by atoms with E-state index in [0.717, 1.165) is 6.42 Å². The molecule has 0 bridgehead atoms. The average molecular weight is 284 g/mol. The van der Waals surface area contributed by atoms with E-state index < -0.39 is 0 Å². The topological polar surface area (TPSA) is 0 Å². The quantitative estimate of drug-likeness (QED) is 0.324. The summed E-state index contributed by atoms with van der Waals surface area (Å²) in [6.07, 6.45) is 12.0. The van der Waals surface area contributed by atoms with Crippen molar-refractivity contribution in [2.75, 3.05) is 0 Å². The Bertz CT molecular complexity index is 413. The molecule has 0 radical (unpaired) electrons. The van der Waals surface area contributed by atoms with Crippen LogP contribution < -0.4 is 0 Å². The van der Waals surface area contributed by atoms with Gasteiger partial charge in [0, 0.05) is 0 Å². The molecule has 1 aromatic carbocycles. The van der Waals surface area contributed by atoms with E-state index in [1.165, 1.54) is 43.2 Å². The molecule has 116 valence electrons. The molecule has 0 heteroatoms. The molecule has 0 N–H and O–H groups in total. The summed E-state index contributed by atoms with van der Waals surface area (Å²) < 4.78 is 0. The van der Waals surface area contributed by atoms with Crippen molar-refractivity contribution in [1.29, 1.82) is 0 Å². The van der Waals surface area contributed by atoms with Crippen LogP contribution in [0.25, 0.3) is 0 Å². The Morgan fingerprint density at radius 2 is 1.86 bits per heavy atom. The predicted molar refractivity (Wildman–Crippen MR) is 95.7 cm³/mol. The second kappa shape index (κ2) is 10.4. The van der Waals surface area contributed by atoms with Gasteiger partial charge in [-0.15, -0.1) is 0 Å². The van der Waals surface area contributed by atoms with Crippen LogP contribution in [0.3, 0.4) is 0 Å². The summed E-state index contributed by atoms with van der Waals surface area (Å²) in [6, 6.07) is 11.0. The third kappa shape index (κ3) is 6.33. The first-order valence-corrected chi connectivity index (χ1v) is 8.54. The van der Waals surface area contributed by atoms with Gasteiger partial charge in [0.1, 0.15) is 0 Å². The lowest BCUT2D eigenvalue weighted by Crippen LogP contribution is -2.12. The van der Waals surface area contributed by atoms with Crippen molar-refractivity contribution in [2.45, 2.75) is 65.2 Å². The van der Waals surface area contributed by atoms with Crippen LogP contribution in [-0.2, 0) is 0 Å². The summed E-state index contributed by atoms with van der Waals surface area (Å²) in [6.45, 7) is 11.0. The number of benzene rings is 1. The van der Waals surface area contributed by atoms with Crippen LogP contribution >= 0.6 is 0 Å².